The minimum absolute atomic E-state index is 0.193. The van der Waals surface area contributed by atoms with Crippen molar-refractivity contribution in [3.05, 3.63) is 59.5 Å². The Morgan fingerprint density at radius 1 is 1.05 bits per heavy atom. The van der Waals surface area contributed by atoms with Crippen LogP contribution in [0.25, 0.3) is 6.08 Å². The molecule has 1 aromatic heterocycles. The van der Waals surface area contributed by atoms with E-state index in [1.807, 2.05) is 0 Å². The number of hydrogen-bond acceptors (Lipinski definition) is 6. The number of ether oxygens (including phenoxy) is 3. The van der Waals surface area contributed by atoms with E-state index in [4.69, 9.17) is 14.2 Å². The summed E-state index contributed by atoms with van der Waals surface area (Å²) in [5.41, 5.74) is 1.74. The quantitative estimate of drug-likeness (QED) is 0.627. The van der Waals surface area contributed by atoms with Gasteiger partial charge in [0.1, 0.15) is 0 Å². The molecule has 0 N–H and O–H groups in total. The fraction of sp³-hybridized carbons (Fsp3) is 0.0625. The lowest BCUT2D eigenvalue weighted by atomic mass is 10.2. The second kappa shape index (κ2) is 5.00. The molecule has 0 atom stereocenters. The molecule has 108 valence electrons. The van der Waals surface area contributed by atoms with Gasteiger partial charge in [0, 0.05) is 18.0 Å². The number of nitrogens with zero attached hydrogens (tertiary/aromatic N) is 2. The molecule has 2 aliphatic heterocycles. The van der Waals surface area contributed by atoms with E-state index in [0.717, 1.165) is 5.56 Å². The Kier molecular flexibility index (Phi) is 2.86. The van der Waals surface area contributed by atoms with Crippen molar-refractivity contribution in [2.45, 2.75) is 0 Å². The van der Waals surface area contributed by atoms with Gasteiger partial charge in [0.05, 0.1) is 0 Å². The molecule has 4 rings (SSSR count). The van der Waals surface area contributed by atoms with Gasteiger partial charge in [0.15, 0.2) is 17.2 Å². The molecule has 3 heterocycles. The van der Waals surface area contributed by atoms with Gasteiger partial charge in [-0.3, -0.25) is 4.98 Å². The van der Waals surface area contributed by atoms with Crippen LogP contribution in [0.5, 0.6) is 11.5 Å². The Balaban J connectivity index is 1.68. The topological polar surface area (TPSA) is 70.0 Å². The predicted octanol–water partition coefficient (Wildman–Crippen LogP) is 2.15. The summed E-state index contributed by atoms with van der Waals surface area (Å²) in [7, 11) is 0. The van der Waals surface area contributed by atoms with E-state index in [2.05, 4.69) is 9.98 Å². The lowest BCUT2D eigenvalue weighted by Gasteiger charge is -2.01. The SMILES string of the molecule is O=C1OC(c2ccc3c(c2)OCO3)=N/C1=C/c1ccncc1. The largest absolute Gasteiger partial charge is 0.454 e. The van der Waals surface area contributed by atoms with Crippen molar-refractivity contribution in [2.75, 3.05) is 6.79 Å². The summed E-state index contributed by atoms with van der Waals surface area (Å²) in [6, 6.07) is 8.85. The zero-order valence-electron chi connectivity index (χ0n) is 11.4. The fourth-order valence-electron chi connectivity index (χ4n) is 2.18. The summed E-state index contributed by atoms with van der Waals surface area (Å²) >= 11 is 0. The van der Waals surface area contributed by atoms with Crippen LogP contribution in [0.2, 0.25) is 0 Å². The first-order valence-electron chi connectivity index (χ1n) is 6.62. The molecule has 0 saturated heterocycles. The van der Waals surface area contributed by atoms with Crippen molar-refractivity contribution < 1.29 is 19.0 Å². The molecule has 2 aliphatic rings. The van der Waals surface area contributed by atoms with Gasteiger partial charge < -0.3 is 14.2 Å². The lowest BCUT2D eigenvalue weighted by Crippen LogP contribution is -2.05. The predicted molar refractivity (Wildman–Crippen MR) is 77.4 cm³/mol. The zero-order chi connectivity index (χ0) is 14.9. The van der Waals surface area contributed by atoms with Crippen LogP contribution in [-0.4, -0.2) is 23.6 Å². The van der Waals surface area contributed by atoms with Crippen LogP contribution in [-0.2, 0) is 9.53 Å². The maximum atomic E-state index is 11.9. The molecule has 0 unspecified atom stereocenters. The number of carbonyl (C=O) groups is 1. The van der Waals surface area contributed by atoms with E-state index in [0.29, 0.717) is 17.1 Å². The van der Waals surface area contributed by atoms with Gasteiger partial charge >= 0.3 is 5.97 Å². The normalized spacial score (nSPS) is 17.5. The summed E-state index contributed by atoms with van der Waals surface area (Å²) in [6.45, 7) is 0.193. The number of esters is 1. The van der Waals surface area contributed by atoms with Gasteiger partial charge in [-0.15, -0.1) is 0 Å². The third-order valence-corrected chi connectivity index (χ3v) is 3.25. The highest BCUT2D eigenvalue weighted by Crippen LogP contribution is 2.33. The van der Waals surface area contributed by atoms with Crippen molar-refractivity contribution >= 4 is 17.9 Å². The van der Waals surface area contributed by atoms with Crippen molar-refractivity contribution in [1.82, 2.24) is 4.98 Å². The number of aromatic nitrogens is 1. The van der Waals surface area contributed by atoms with Gasteiger partial charge in [-0.2, -0.15) is 0 Å². The maximum Gasteiger partial charge on any atom is 0.363 e. The third kappa shape index (κ3) is 2.20. The van der Waals surface area contributed by atoms with Crippen LogP contribution in [0.4, 0.5) is 0 Å². The van der Waals surface area contributed by atoms with Gasteiger partial charge in [-0.05, 0) is 42.0 Å². The van der Waals surface area contributed by atoms with E-state index >= 15 is 0 Å². The second-order valence-electron chi connectivity index (χ2n) is 4.68. The van der Waals surface area contributed by atoms with Gasteiger partial charge in [0.2, 0.25) is 12.7 Å². The molecule has 0 saturated carbocycles. The molecule has 6 heteroatoms. The first-order valence-corrected chi connectivity index (χ1v) is 6.62. The maximum absolute atomic E-state index is 11.9. The van der Waals surface area contributed by atoms with Gasteiger partial charge in [-0.1, -0.05) is 0 Å². The summed E-state index contributed by atoms with van der Waals surface area (Å²) in [5.74, 6) is 1.05. The van der Waals surface area contributed by atoms with Crippen LogP contribution < -0.4 is 9.47 Å². The highest BCUT2D eigenvalue weighted by Gasteiger charge is 2.25. The highest BCUT2D eigenvalue weighted by molar-refractivity contribution is 6.13. The van der Waals surface area contributed by atoms with Crippen molar-refractivity contribution in [3.8, 4) is 11.5 Å². The van der Waals surface area contributed by atoms with Crippen LogP contribution >= 0.6 is 0 Å². The number of hydrogen-bond donors (Lipinski definition) is 0. The smallest absolute Gasteiger partial charge is 0.363 e. The Labute approximate surface area is 125 Å². The number of rotatable bonds is 2. The van der Waals surface area contributed by atoms with E-state index in [1.165, 1.54) is 0 Å². The minimum atomic E-state index is -0.482. The molecular formula is C16H10N2O4. The summed E-state index contributed by atoms with van der Waals surface area (Å²) < 4.78 is 15.8. The number of cyclic esters (lactones) is 1. The van der Waals surface area contributed by atoms with E-state index in [-0.39, 0.29) is 18.4 Å². The standard InChI is InChI=1S/C16H10N2O4/c19-16-12(7-10-3-5-17-6-4-10)18-15(22-16)11-1-2-13-14(8-11)21-9-20-13/h1-8H,9H2/b12-7+. The molecule has 22 heavy (non-hydrogen) atoms. The molecule has 0 radical (unpaired) electrons. The first kappa shape index (κ1) is 12.6. The number of carbonyl (C=O) groups excluding carboxylic acids is 1. The number of pyridine rings is 1. The Bertz CT molecular complexity index is 812. The Hall–Kier alpha value is -3.15. The Morgan fingerprint density at radius 3 is 2.73 bits per heavy atom. The highest BCUT2D eigenvalue weighted by atomic mass is 16.7. The molecule has 1 aromatic carbocycles. The number of fused-ring (bicyclic) bond motifs is 1. The van der Waals surface area contributed by atoms with E-state index < -0.39 is 5.97 Å². The Morgan fingerprint density at radius 2 is 1.86 bits per heavy atom. The van der Waals surface area contributed by atoms with Crippen molar-refractivity contribution in [2.24, 2.45) is 4.99 Å². The van der Waals surface area contributed by atoms with Crippen LogP contribution in [0.15, 0.2) is 53.4 Å². The second-order valence-corrected chi connectivity index (χ2v) is 4.68. The first-order chi connectivity index (χ1) is 10.8. The van der Waals surface area contributed by atoms with Crippen molar-refractivity contribution in [3.63, 3.8) is 0 Å². The molecule has 0 spiro atoms. The minimum Gasteiger partial charge on any atom is -0.454 e. The van der Waals surface area contributed by atoms with E-state index in [1.54, 1.807) is 48.8 Å². The molecule has 0 amide bonds. The van der Waals surface area contributed by atoms with Gasteiger partial charge in [0.25, 0.3) is 0 Å². The van der Waals surface area contributed by atoms with Crippen LogP contribution in [0.1, 0.15) is 11.1 Å². The molecule has 0 fully saturated rings. The van der Waals surface area contributed by atoms with Crippen LogP contribution in [0, 0.1) is 0 Å². The fourth-order valence-corrected chi connectivity index (χ4v) is 2.18. The zero-order valence-corrected chi connectivity index (χ0v) is 11.4. The number of aliphatic imine (C=N–C) groups is 1. The molecule has 2 aromatic rings. The average Bonchev–Trinajstić information content (AvgIpc) is 3.15. The summed E-state index contributed by atoms with van der Waals surface area (Å²) in [4.78, 5) is 20.1. The van der Waals surface area contributed by atoms with Gasteiger partial charge in [-0.25, -0.2) is 9.79 Å². The average molecular weight is 294 g/mol. The molecule has 6 nitrogen and oxygen atoms in total. The number of benzene rings is 1. The summed E-state index contributed by atoms with van der Waals surface area (Å²) in [5, 5.41) is 0. The van der Waals surface area contributed by atoms with Crippen molar-refractivity contribution in [1.29, 1.82) is 0 Å². The van der Waals surface area contributed by atoms with E-state index in [9.17, 15) is 4.79 Å². The summed E-state index contributed by atoms with van der Waals surface area (Å²) in [6.07, 6.45) is 4.95. The molecule has 0 bridgehead atoms. The monoisotopic (exact) mass is 294 g/mol. The molecular weight excluding hydrogens is 284 g/mol. The lowest BCUT2D eigenvalue weighted by molar-refractivity contribution is -0.129. The third-order valence-electron chi connectivity index (χ3n) is 3.25. The van der Waals surface area contributed by atoms with Crippen LogP contribution in [0.3, 0.4) is 0 Å². The molecule has 0 aliphatic carbocycles.